The SMILES string of the molecule is CC(C)(C)[C@H]([C@@H](Oc1ccc(Cl)cc1)n1cncn1)n1nnnc1[C@H](c1ccccc1)N1CCCCC1. The Bertz CT molecular complexity index is 1250. The van der Waals surface area contributed by atoms with E-state index in [4.69, 9.17) is 16.3 Å². The summed E-state index contributed by atoms with van der Waals surface area (Å²) < 4.78 is 10.3. The number of hydrogen-bond acceptors (Lipinski definition) is 7. The molecule has 4 aromatic rings. The summed E-state index contributed by atoms with van der Waals surface area (Å²) in [5.74, 6) is 1.46. The van der Waals surface area contributed by atoms with Crippen molar-refractivity contribution in [3.05, 3.63) is 83.7 Å². The average molecular weight is 521 g/mol. The number of rotatable bonds is 8. The van der Waals surface area contributed by atoms with Crippen LogP contribution in [0.15, 0.2) is 67.3 Å². The molecule has 0 radical (unpaired) electrons. The van der Waals surface area contributed by atoms with Gasteiger partial charge in [-0.1, -0.05) is 69.1 Å². The standard InChI is InChI=1S/C27H33ClN8O/c1-27(2,3)24(26(35-19-29-18-30-35)37-22-14-12-21(28)13-15-22)36-25(31-32-33-36)23(20-10-6-4-7-11-20)34-16-8-5-9-17-34/h4,6-7,10-15,18-19,23-24,26H,5,8-9,16-17H2,1-3H3/t23-,24-,26+/m0/s1. The molecule has 2 aromatic heterocycles. The van der Waals surface area contributed by atoms with Crippen LogP contribution in [0.3, 0.4) is 0 Å². The Morgan fingerprint density at radius 1 is 0.946 bits per heavy atom. The highest BCUT2D eigenvalue weighted by molar-refractivity contribution is 6.30. The van der Waals surface area contributed by atoms with E-state index >= 15 is 0 Å². The van der Waals surface area contributed by atoms with Gasteiger partial charge in [-0.05, 0) is 71.6 Å². The second-order valence-electron chi connectivity index (χ2n) is 10.5. The van der Waals surface area contributed by atoms with Crippen LogP contribution in [-0.2, 0) is 0 Å². The second-order valence-corrected chi connectivity index (χ2v) is 11.0. The van der Waals surface area contributed by atoms with E-state index in [9.17, 15) is 0 Å². The van der Waals surface area contributed by atoms with E-state index in [2.05, 4.69) is 75.5 Å². The molecule has 1 aliphatic rings. The Kier molecular flexibility index (Phi) is 7.53. The van der Waals surface area contributed by atoms with E-state index in [0.29, 0.717) is 10.8 Å². The van der Waals surface area contributed by atoms with Gasteiger partial charge >= 0.3 is 0 Å². The van der Waals surface area contributed by atoms with Crippen LogP contribution in [0, 0.1) is 5.41 Å². The van der Waals surface area contributed by atoms with Crippen molar-refractivity contribution in [3.63, 3.8) is 0 Å². The minimum atomic E-state index is -0.566. The van der Waals surface area contributed by atoms with Crippen molar-refractivity contribution in [1.82, 2.24) is 39.9 Å². The van der Waals surface area contributed by atoms with E-state index in [1.165, 1.54) is 18.3 Å². The second kappa shape index (κ2) is 11.0. The quantitative estimate of drug-likeness (QED) is 0.309. The van der Waals surface area contributed by atoms with E-state index < -0.39 is 6.23 Å². The summed E-state index contributed by atoms with van der Waals surface area (Å²) in [6.45, 7) is 8.49. The number of piperidine rings is 1. The Hall–Kier alpha value is -3.30. The number of tetrazole rings is 1. The van der Waals surface area contributed by atoms with Gasteiger partial charge in [0.2, 0.25) is 6.23 Å². The summed E-state index contributed by atoms with van der Waals surface area (Å²) in [5.41, 5.74) is 0.861. The highest BCUT2D eigenvalue weighted by Gasteiger charge is 2.42. The first-order valence-corrected chi connectivity index (χ1v) is 13.1. The number of nitrogens with zero attached hydrogens (tertiary/aromatic N) is 8. The van der Waals surface area contributed by atoms with E-state index in [0.717, 1.165) is 31.8 Å². The molecule has 0 bridgehead atoms. The first-order chi connectivity index (χ1) is 17.9. The fourth-order valence-corrected chi connectivity index (χ4v) is 5.22. The topological polar surface area (TPSA) is 86.8 Å². The summed E-state index contributed by atoms with van der Waals surface area (Å²) in [6.07, 6.45) is 6.19. The van der Waals surface area contributed by atoms with Gasteiger partial charge in [0.15, 0.2) is 5.82 Å². The third-order valence-electron chi connectivity index (χ3n) is 6.82. The molecule has 10 heteroatoms. The molecule has 9 nitrogen and oxygen atoms in total. The Labute approximate surface area is 222 Å². The zero-order valence-corrected chi connectivity index (χ0v) is 22.2. The molecule has 0 saturated carbocycles. The molecule has 5 rings (SSSR count). The van der Waals surface area contributed by atoms with Gasteiger partial charge in [0.25, 0.3) is 0 Å². The lowest BCUT2D eigenvalue weighted by molar-refractivity contribution is -0.00233. The normalized spacial score (nSPS) is 17.3. The van der Waals surface area contributed by atoms with Gasteiger partial charge in [-0.2, -0.15) is 5.10 Å². The molecule has 3 atom stereocenters. The number of benzene rings is 2. The van der Waals surface area contributed by atoms with Crippen molar-refractivity contribution in [2.75, 3.05) is 13.1 Å². The van der Waals surface area contributed by atoms with Gasteiger partial charge < -0.3 is 4.74 Å². The van der Waals surface area contributed by atoms with Crippen LogP contribution in [0.4, 0.5) is 0 Å². The summed E-state index contributed by atoms with van der Waals surface area (Å²) in [6, 6.07) is 17.4. The Morgan fingerprint density at radius 3 is 2.32 bits per heavy atom. The van der Waals surface area contributed by atoms with Gasteiger partial charge in [0.05, 0.1) is 6.04 Å². The largest absolute Gasteiger partial charge is 0.466 e. The average Bonchev–Trinajstić information content (AvgIpc) is 3.59. The predicted molar refractivity (Wildman–Crippen MR) is 141 cm³/mol. The highest BCUT2D eigenvalue weighted by atomic mass is 35.5. The Morgan fingerprint density at radius 2 is 1.68 bits per heavy atom. The predicted octanol–water partition coefficient (Wildman–Crippen LogP) is 5.36. The highest BCUT2D eigenvalue weighted by Crippen LogP contribution is 2.42. The monoisotopic (exact) mass is 520 g/mol. The fourth-order valence-electron chi connectivity index (χ4n) is 5.09. The molecule has 37 heavy (non-hydrogen) atoms. The van der Waals surface area contributed by atoms with Crippen molar-refractivity contribution in [2.24, 2.45) is 5.41 Å². The first-order valence-electron chi connectivity index (χ1n) is 12.7. The van der Waals surface area contributed by atoms with Crippen molar-refractivity contribution >= 4 is 11.6 Å². The molecule has 1 aliphatic heterocycles. The first kappa shape index (κ1) is 25.4. The lowest BCUT2D eigenvalue weighted by Gasteiger charge is -2.39. The van der Waals surface area contributed by atoms with Gasteiger partial charge in [0, 0.05) is 5.02 Å². The molecule has 0 N–H and O–H groups in total. The molecule has 194 valence electrons. The lowest BCUT2D eigenvalue weighted by atomic mass is 9.85. The maximum Gasteiger partial charge on any atom is 0.215 e. The van der Waals surface area contributed by atoms with Crippen LogP contribution >= 0.6 is 11.6 Å². The van der Waals surface area contributed by atoms with Gasteiger partial charge in [-0.25, -0.2) is 14.3 Å². The van der Waals surface area contributed by atoms with E-state index in [-0.39, 0.29) is 17.5 Å². The van der Waals surface area contributed by atoms with Crippen molar-refractivity contribution in [1.29, 1.82) is 0 Å². The summed E-state index contributed by atoms with van der Waals surface area (Å²) in [4.78, 5) is 6.70. The smallest absolute Gasteiger partial charge is 0.215 e. The number of likely N-dealkylation sites (tertiary alicyclic amines) is 1. The lowest BCUT2D eigenvalue weighted by Crippen LogP contribution is -2.41. The molecular formula is C27H33ClN8O. The van der Waals surface area contributed by atoms with Crippen LogP contribution in [0.25, 0.3) is 0 Å². The van der Waals surface area contributed by atoms with Crippen LogP contribution in [-0.4, -0.2) is 53.0 Å². The van der Waals surface area contributed by atoms with Crippen LogP contribution in [0.2, 0.25) is 5.02 Å². The summed E-state index contributed by atoms with van der Waals surface area (Å²) in [5, 5.41) is 18.5. The zero-order valence-electron chi connectivity index (χ0n) is 21.5. The summed E-state index contributed by atoms with van der Waals surface area (Å²) >= 11 is 6.13. The van der Waals surface area contributed by atoms with Crippen molar-refractivity contribution < 1.29 is 4.74 Å². The maximum atomic E-state index is 6.58. The van der Waals surface area contributed by atoms with Crippen molar-refractivity contribution in [3.8, 4) is 5.75 Å². The molecule has 0 aliphatic carbocycles. The molecule has 0 spiro atoms. The molecule has 0 unspecified atom stereocenters. The van der Waals surface area contributed by atoms with Gasteiger partial charge in [-0.15, -0.1) is 5.10 Å². The summed E-state index contributed by atoms with van der Waals surface area (Å²) in [7, 11) is 0. The molecule has 0 amide bonds. The third-order valence-corrected chi connectivity index (χ3v) is 7.07. The van der Waals surface area contributed by atoms with Gasteiger partial charge in [0.1, 0.15) is 24.4 Å². The van der Waals surface area contributed by atoms with Gasteiger partial charge in [-0.3, -0.25) is 4.90 Å². The van der Waals surface area contributed by atoms with Crippen LogP contribution < -0.4 is 4.74 Å². The zero-order chi connectivity index (χ0) is 25.8. The van der Waals surface area contributed by atoms with Crippen LogP contribution in [0.5, 0.6) is 5.75 Å². The van der Waals surface area contributed by atoms with E-state index in [1.807, 2.05) is 35.0 Å². The number of aromatic nitrogens is 7. The van der Waals surface area contributed by atoms with Crippen LogP contribution in [0.1, 0.15) is 69.7 Å². The number of halogens is 1. The minimum Gasteiger partial charge on any atom is -0.466 e. The number of hydrogen-bond donors (Lipinski definition) is 0. The fraction of sp³-hybridized carbons (Fsp3) is 0.444. The molecule has 3 heterocycles. The molecule has 1 fully saturated rings. The van der Waals surface area contributed by atoms with E-state index in [1.54, 1.807) is 11.0 Å². The maximum absolute atomic E-state index is 6.58. The number of ether oxygens (including phenoxy) is 1. The Balaban J connectivity index is 1.61. The molecular weight excluding hydrogens is 488 g/mol. The minimum absolute atomic E-state index is 0.0757. The van der Waals surface area contributed by atoms with Crippen molar-refractivity contribution in [2.45, 2.75) is 58.3 Å². The third kappa shape index (κ3) is 5.67. The molecule has 2 aromatic carbocycles. The molecule has 1 saturated heterocycles.